The summed E-state index contributed by atoms with van der Waals surface area (Å²) in [6.45, 7) is 2.19. The van der Waals surface area contributed by atoms with Gasteiger partial charge in [-0.3, -0.25) is 9.69 Å². The molecule has 5 rings (SSSR count). The van der Waals surface area contributed by atoms with E-state index in [0.717, 1.165) is 37.3 Å². The van der Waals surface area contributed by atoms with Gasteiger partial charge in [0.2, 0.25) is 0 Å². The smallest absolute Gasteiger partial charge is 0.162 e. The number of rotatable bonds is 4. The molecule has 3 aliphatic carbocycles. The molecular weight excluding hydrogens is 342 g/mol. The molecule has 1 N–H and O–H groups in total. The third-order valence-corrected chi connectivity index (χ3v) is 7.65. The van der Waals surface area contributed by atoms with Crippen molar-refractivity contribution in [2.45, 2.75) is 56.1 Å². The zero-order valence-electron chi connectivity index (χ0n) is 16.2. The number of phenols is 1. The highest BCUT2D eigenvalue weighted by Crippen LogP contribution is 2.59. The summed E-state index contributed by atoms with van der Waals surface area (Å²) in [5, 5.41) is 11.0. The Morgan fingerprint density at radius 1 is 1.30 bits per heavy atom. The molecule has 2 saturated carbocycles. The molecule has 4 atom stereocenters. The molecule has 1 aromatic carbocycles. The summed E-state index contributed by atoms with van der Waals surface area (Å²) in [5.74, 6) is 2.14. The number of carbonyl (C=O) groups excluding carboxylic acids is 1. The molecule has 0 amide bonds. The van der Waals surface area contributed by atoms with E-state index in [1.54, 1.807) is 14.2 Å². The quantitative estimate of drug-likeness (QED) is 0.882. The van der Waals surface area contributed by atoms with Crippen LogP contribution in [-0.4, -0.2) is 55.2 Å². The number of fused-ring (bicyclic) bond motifs is 1. The fourth-order valence-corrected chi connectivity index (χ4v) is 6.19. The number of hydrogen-bond donors (Lipinski definition) is 1. The van der Waals surface area contributed by atoms with Crippen LogP contribution in [0.15, 0.2) is 12.1 Å². The van der Waals surface area contributed by atoms with Gasteiger partial charge in [-0.2, -0.15) is 0 Å². The van der Waals surface area contributed by atoms with Crippen LogP contribution in [0.3, 0.4) is 0 Å². The van der Waals surface area contributed by atoms with Gasteiger partial charge in [0.25, 0.3) is 0 Å². The highest BCUT2D eigenvalue weighted by Gasteiger charge is 2.59. The second-order valence-electron chi connectivity index (χ2n) is 8.98. The molecule has 27 heavy (non-hydrogen) atoms. The predicted molar refractivity (Wildman–Crippen MR) is 101 cm³/mol. The van der Waals surface area contributed by atoms with Crippen molar-refractivity contribution in [1.82, 2.24) is 4.90 Å². The molecule has 2 bridgehead atoms. The number of methoxy groups -OCH3 is 2. The van der Waals surface area contributed by atoms with Gasteiger partial charge in [0.15, 0.2) is 17.3 Å². The summed E-state index contributed by atoms with van der Waals surface area (Å²) in [6.07, 6.45) is 5.50. The summed E-state index contributed by atoms with van der Waals surface area (Å²) in [7, 11) is 3.24. The number of aromatic hydroxyl groups is 1. The van der Waals surface area contributed by atoms with Crippen LogP contribution >= 0.6 is 0 Å². The number of carbonyl (C=O) groups is 1. The van der Waals surface area contributed by atoms with E-state index >= 15 is 0 Å². The topological polar surface area (TPSA) is 59.0 Å². The van der Waals surface area contributed by atoms with Crippen molar-refractivity contribution in [3.63, 3.8) is 0 Å². The fraction of sp³-hybridized carbons (Fsp3) is 0.682. The lowest BCUT2D eigenvalue weighted by Gasteiger charge is -2.59. The van der Waals surface area contributed by atoms with Gasteiger partial charge in [-0.15, -0.1) is 0 Å². The Morgan fingerprint density at radius 3 is 2.81 bits per heavy atom. The summed E-state index contributed by atoms with van der Waals surface area (Å²) in [4.78, 5) is 15.5. The zero-order valence-corrected chi connectivity index (χ0v) is 16.2. The van der Waals surface area contributed by atoms with E-state index in [2.05, 4.69) is 11.0 Å². The molecular formula is C22H29NO4. The third kappa shape index (κ3) is 2.54. The van der Waals surface area contributed by atoms with Crippen LogP contribution in [0, 0.1) is 11.8 Å². The summed E-state index contributed by atoms with van der Waals surface area (Å²) in [5.41, 5.74) is 1.90. The van der Waals surface area contributed by atoms with Gasteiger partial charge in [-0.05, 0) is 62.1 Å². The van der Waals surface area contributed by atoms with Crippen molar-refractivity contribution in [3.8, 4) is 11.5 Å². The Labute approximate surface area is 160 Å². The molecule has 146 valence electrons. The molecule has 1 unspecified atom stereocenters. The maximum atomic E-state index is 12.9. The number of Topliss-reactive ketones (excluding diaryl/α,β-unsaturated/α-hetero) is 1. The maximum Gasteiger partial charge on any atom is 0.162 e. The molecule has 0 spiro atoms. The zero-order chi connectivity index (χ0) is 18.8. The van der Waals surface area contributed by atoms with Crippen molar-refractivity contribution in [3.05, 3.63) is 23.3 Å². The number of benzene rings is 1. The highest BCUT2D eigenvalue weighted by molar-refractivity contribution is 5.86. The van der Waals surface area contributed by atoms with E-state index in [4.69, 9.17) is 9.47 Å². The first kappa shape index (κ1) is 17.5. The van der Waals surface area contributed by atoms with Crippen molar-refractivity contribution >= 4 is 5.78 Å². The van der Waals surface area contributed by atoms with Crippen molar-refractivity contribution in [1.29, 1.82) is 0 Å². The first-order chi connectivity index (χ1) is 13.1. The van der Waals surface area contributed by atoms with Gasteiger partial charge in [0, 0.05) is 37.1 Å². The first-order valence-electron chi connectivity index (χ1n) is 10.3. The molecule has 1 aromatic rings. The SMILES string of the molecule is COc1ccc2c(c1O)[C@@]13CCN(CC4CC4)[C@@H](C2)[C@H]1CC(OC)C(=O)C3. The van der Waals surface area contributed by atoms with Crippen LogP contribution in [0.1, 0.15) is 43.2 Å². The molecule has 0 aromatic heterocycles. The Kier molecular flexibility index (Phi) is 4.03. The van der Waals surface area contributed by atoms with Gasteiger partial charge in [0.1, 0.15) is 6.10 Å². The molecule has 0 radical (unpaired) electrons. The lowest BCUT2D eigenvalue weighted by Crippen LogP contribution is -2.64. The second kappa shape index (κ2) is 6.21. The van der Waals surface area contributed by atoms with Gasteiger partial charge in [0.05, 0.1) is 7.11 Å². The Bertz CT molecular complexity index is 774. The lowest BCUT2D eigenvalue weighted by atomic mass is 9.51. The molecule has 3 fully saturated rings. The Hall–Kier alpha value is -1.59. The molecule has 5 heteroatoms. The number of ketones is 1. The van der Waals surface area contributed by atoms with Crippen LogP contribution in [0.25, 0.3) is 0 Å². The van der Waals surface area contributed by atoms with E-state index < -0.39 is 0 Å². The normalized spacial score (nSPS) is 35.5. The molecule has 4 aliphatic rings. The van der Waals surface area contributed by atoms with E-state index in [9.17, 15) is 9.90 Å². The summed E-state index contributed by atoms with van der Waals surface area (Å²) in [6, 6.07) is 4.41. The summed E-state index contributed by atoms with van der Waals surface area (Å²) < 4.78 is 11.0. The molecule has 5 nitrogen and oxygen atoms in total. The van der Waals surface area contributed by atoms with Crippen molar-refractivity contribution < 1.29 is 19.4 Å². The lowest BCUT2D eigenvalue weighted by molar-refractivity contribution is -0.142. The van der Waals surface area contributed by atoms with Crippen LogP contribution < -0.4 is 4.74 Å². The second-order valence-corrected chi connectivity index (χ2v) is 8.98. The predicted octanol–water partition coefficient (Wildman–Crippen LogP) is 2.67. The monoisotopic (exact) mass is 371 g/mol. The fourth-order valence-electron chi connectivity index (χ4n) is 6.19. The van der Waals surface area contributed by atoms with E-state index in [1.807, 2.05) is 6.07 Å². The minimum atomic E-state index is -0.305. The Morgan fingerprint density at radius 2 is 2.11 bits per heavy atom. The molecule has 1 aliphatic heterocycles. The minimum Gasteiger partial charge on any atom is -0.504 e. The van der Waals surface area contributed by atoms with Crippen LogP contribution in [0.5, 0.6) is 11.5 Å². The van der Waals surface area contributed by atoms with E-state index in [-0.39, 0.29) is 23.1 Å². The van der Waals surface area contributed by atoms with Crippen LogP contribution in [0.4, 0.5) is 0 Å². The number of piperidine rings is 1. The van der Waals surface area contributed by atoms with E-state index in [1.165, 1.54) is 24.9 Å². The largest absolute Gasteiger partial charge is 0.504 e. The minimum absolute atomic E-state index is 0.179. The van der Waals surface area contributed by atoms with Gasteiger partial charge >= 0.3 is 0 Å². The maximum absolute atomic E-state index is 12.9. The van der Waals surface area contributed by atoms with Crippen molar-refractivity contribution in [2.75, 3.05) is 27.3 Å². The molecule has 1 saturated heterocycles. The number of phenolic OH excluding ortho intramolecular Hbond substituents is 1. The number of nitrogens with zero attached hydrogens (tertiary/aromatic N) is 1. The van der Waals surface area contributed by atoms with Crippen molar-refractivity contribution in [2.24, 2.45) is 11.8 Å². The van der Waals surface area contributed by atoms with Crippen LogP contribution in [0.2, 0.25) is 0 Å². The van der Waals surface area contributed by atoms with E-state index in [0.29, 0.717) is 24.1 Å². The van der Waals surface area contributed by atoms with Gasteiger partial charge < -0.3 is 14.6 Å². The average Bonchev–Trinajstić information content (AvgIpc) is 3.47. The first-order valence-corrected chi connectivity index (χ1v) is 10.3. The average molecular weight is 371 g/mol. The third-order valence-electron chi connectivity index (χ3n) is 7.65. The highest BCUT2D eigenvalue weighted by atomic mass is 16.5. The number of hydrogen-bond acceptors (Lipinski definition) is 5. The van der Waals surface area contributed by atoms with Gasteiger partial charge in [-0.1, -0.05) is 6.07 Å². The molecule has 1 heterocycles. The standard InChI is InChI=1S/C22H29NO4/c1-26-18-6-5-14-9-16-15-10-19(27-2)17(24)11-22(15,20(14)21(18)25)7-8-23(16)12-13-3-4-13/h5-6,13,15-16,19,25H,3-4,7-12H2,1-2H3/t15-,16+,19?,22-/m1/s1. The van der Waals surface area contributed by atoms with Crippen LogP contribution in [-0.2, 0) is 21.4 Å². The number of ether oxygens (including phenoxy) is 2. The number of likely N-dealkylation sites (tertiary alicyclic amines) is 1. The van der Waals surface area contributed by atoms with Gasteiger partial charge in [-0.25, -0.2) is 0 Å². The summed E-state index contributed by atoms with van der Waals surface area (Å²) >= 11 is 0. The Balaban J connectivity index is 1.62.